The molecule has 0 fully saturated rings. The molecule has 0 bridgehead atoms. The molecule has 0 aliphatic rings. The van der Waals surface area contributed by atoms with Crippen LogP contribution in [0.3, 0.4) is 0 Å². The molecule has 0 aliphatic carbocycles. The van der Waals surface area contributed by atoms with Crippen LogP contribution in [0, 0.1) is 34.0 Å². The largest absolute Gasteiger partial charge is 0.192 e. The summed E-state index contributed by atoms with van der Waals surface area (Å²) in [6.45, 7) is 0. The van der Waals surface area contributed by atoms with Crippen LogP contribution < -0.4 is 0 Å². The molecule has 44 heavy (non-hydrogen) atoms. The molecule has 3 nitrogen and oxygen atoms in total. The lowest BCUT2D eigenvalue weighted by Crippen LogP contribution is -1.94. The maximum absolute atomic E-state index is 10.2. The summed E-state index contributed by atoms with van der Waals surface area (Å²) < 4.78 is 4.86. The van der Waals surface area contributed by atoms with Crippen LogP contribution in [-0.4, -0.2) is 0 Å². The summed E-state index contributed by atoms with van der Waals surface area (Å²) >= 11 is 3.55. The fourth-order valence-electron chi connectivity index (χ4n) is 6.31. The highest BCUT2D eigenvalue weighted by Gasteiger charge is 2.19. The van der Waals surface area contributed by atoms with Gasteiger partial charge in [-0.2, -0.15) is 15.8 Å². The van der Waals surface area contributed by atoms with Gasteiger partial charge in [0.2, 0.25) is 0 Å². The zero-order valence-electron chi connectivity index (χ0n) is 23.1. The molecule has 0 amide bonds. The number of rotatable bonds is 3. The highest BCUT2D eigenvalue weighted by atomic mass is 32.1. The van der Waals surface area contributed by atoms with Crippen molar-refractivity contribution in [3.05, 3.63) is 132 Å². The second kappa shape index (κ2) is 10.2. The average Bonchev–Trinajstić information content (AvgIpc) is 3.66. The molecular formula is C39H19N3S2. The first-order valence-corrected chi connectivity index (χ1v) is 15.6. The molecule has 8 aromatic rings. The maximum Gasteiger partial charge on any atom is 0.0999 e. The van der Waals surface area contributed by atoms with Crippen LogP contribution in [0.25, 0.3) is 73.7 Å². The van der Waals surface area contributed by atoms with E-state index >= 15 is 0 Å². The summed E-state index contributed by atoms with van der Waals surface area (Å²) in [6, 6.07) is 45.9. The number of thiophene rings is 2. The van der Waals surface area contributed by atoms with Crippen LogP contribution in [0.5, 0.6) is 0 Å². The van der Waals surface area contributed by atoms with E-state index in [4.69, 9.17) is 0 Å². The number of hydrogen-bond acceptors (Lipinski definition) is 5. The van der Waals surface area contributed by atoms with E-state index in [2.05, 4.69) is 121 Å². The standard InChI is InChI=1S/C39H19N3S2/c40-20-23-15-27(21-41)37(28(16-23)22-42)26-18-24(29-9-5-13-35-38(29)31-7-1-3-11-33(31)43-35)17-25(19-26)30-10-6-14-36-39(30)32-8-2-4-12-34(32)44-36/h1-19H. The highest BCUT2D eigenvalue weighted by Crippen LogP contribution is 2.45. The Balaban J connectivity index is 1.50. The van der Waals surface area contributed by atoms with E-state index < -0.39 is 0 Å². The minimum Gasteiger partial charge on any atom is -0.192 e. The Labute approximate surface area is 261 Å². The van der Waals surface area contributed by atoms with Crippen molar-refractivity contribution in [1.29, 1.82) is 15.8 Å². The van der Waals surface area contributed by atoms with Crippen molar-refractivity contribution in [2.45, 2.75) is 0 Å². The first kappa shape index (κ1) is 25.9. The molecule has 0 unspecified atom stereocenters. The predicted molar refractivity (Wildman–Crippen MR) is 183 cm³/mol. The van der Waals surface area contributed by atoms with Gasteiger partial charge in [-0.05, 0) is 82.4 Å². The molecule has 8 rings (SSSR count). The van der Waals surface area contributed by atoms with E-state index in [1.807, 2.05) is 0 Å². The van der Waals surface area contributed by atoms with Gasteiger partial charge in [0.05, 0.1) is 34.9 Å². The lowest BCUT2D eigenvalue weighted by Gasteiger charge is -2.15. The van der Waals surface area contributed by atoms with Gasteiger partial charge in [-0.3, -0.25) is 0 Å². The fraction of sp³-hybridized carbons (Fsp3) is 0. The highest BCUT2D eigenvalue weighted by molar-refractivity contribution is 7.26. The van der Waals surface area contributed by atoms with Gasteiger partial charge in [0.25, 0.3) is 0 Å². The smallest absolute Gasteiger partial charge is 0.0999 e. The Morgan fingerprint density at radius 3 is 1.36 bits per heavy atom. The predicted octanol–water partition coefficient (Wildman–Crippen LogP) is 11.0. The first-order valence-electron chi connectivity index (χ1n) is 14.0. The molecule has 0 aliphatic heterocycles. The normalized spacial score (nSPS) is 11.1. The van der Waals surface area contributed by atoms with E-state index in [9.17, 15) is 15.8 Å². The summed E-state index contributed by atoms with van der Waals surface area (Å²) in [5.74, 6) is 0. The van der Waals surface area contributed by atoms with Gasteiger partial charge in [-0.1, -0.05) is 60.7 Å². The van der Waals surface area contributed by atoms with Crippen molar-refractivity contribution >= 4 is 63.0 Å². The van der Waals surface area contributed by atoms with E-state index in [-0.39, 0.29) is 0 Å². The minimum atomic E-state index is 0.294. The quantitative estimate of drug-likeness (QED) is 0.205. The summed E-state index contributed by atoms with van der Waals surface area (Å²) in [7, 11) is 0. The lowest BCUT2D eigenvalue weighted by atomic mass is 9.87. The van der Waals surface area contributed by atoms with Crippen LogP contribution in [0.1, 0.15) is 16.7 Å². The molecule has 0 N–H and O–H groups in total. The molecule has 5 heteroatoms. The van der Waals surface area contributed by atoms with Crippen molar-refractivity contribution in [3.63, 3.8) is 0 Å². The molecular weight excluding hydrogens is 575 g/mol. The molecule has 0 spiro atoms. The van der Waals surface area contributed by atoms with E-state index in [1.165, 1.54) is 40.3 Å². The van der Waals surface area contributed by atoms with Gasteiger partial charge < -0.3 is 0 Å². The first-order chi connectivity index (χ1) is 21.7. The SMILES string of the molecule is N#Cc1cc(C#N)c(-c2cc(-c3cccc4sc5ccccc5c34)cc(-c3cccc4sc5ccccc5c34)c2)c(C#N)c1. The van der Waals surface area contributed by atoms with Crippen LogP contribution in [0.4, 0.5) is 0 Å². The Kier molecular flexibility index (Phi) is 6.00. The van der Waals surface area contributed by atoms with Gasteiger partial charge in [-0.25, -0.2) is 0 Å². The summed E-state index contributed by atoms with van der Waals surface area (Å²) in [6.07, 6.45) is 0. The monoisotopic (exact) mass is 593 g/mol. The third kappa shape index (κ3) is 3.98. The molecule has 0 saturated heterocycles. The molecule has 202 valence electrons. The summed E-state index contributed by atoms with van der Waals surface area (Å²) in [5.41, 5.74) is 6.41. The zero-order valence-corrected chi connectivity index (χ0v) is 24.8. The molecule has 6 aromatic carbocycles. The maximum atomic E-state index is 10.2. The van der Waals surface area contributed by atoms with Crippen molar-refractivity contribution in [1.82, 2.24) is 0 Å². The average molecular weight is 594 g/mol. The number of nitrogens with zero attached hydrogens (tertiary/aromatic N) is 3. The topological polar surface area (TPSA) is 71.4 Å². The summed E-state index contributed by atoms with van der Waals surface area (Å²) in [4.78, 5) is 0. The third-order valence-electron chi connectivity index (χ3n) is 8.16. The Hall–Kier alpha value is -5.77. The fourth-order valence-corrected chi connectivity index (χ4v) is 8.57. The number of hydrogen-bond donors (Lipinski definition) is 0. The number of benzene rings is 6. The van der Waals surface area contributed by atoms with Gasteiger partial charge in [0.1, 0.15) is 0 Å². The molecule has 0 atom stereocenters. The van der Waals surface area contributed by atoms with Gasteiger partial charge in [0, 0.05) is 45.9 Å². The van der Waals surface area contributed by atoms with E-state index in [0.717, 1.165) is 27.8 Å². The molecule has 0 saturated carbocycles. The second-order valence-corrected chi connectivity index (χ2v) is 12.8. The van der Waals surface area contributed by atoms with E-state index in [0.29, 0.717) is 22.3 Å². The van der Waals surface area contributed by atoms with Crippen LogP contribution in [0.15, 0.2) is 115 Å². The Morgan fingerprint density at radius 1 is 0.432 bits per heavy atom. The zero-order chi connectivity index (χ0) is 29.8. The molecule has 2 aromatic heterocycles. The summed E-state index contributed by atoms with van der Waals surface area (Å²) in [5, 5.41) is 34.8. The lowest BCUT2D eigenvalue weighted by molar-refractivity contribution is 1.41. The van der Waals surface area contributed by atoms with Crippen LogP contribution in [-0.2, 0) is 0 Å². The number of nitriles is 3. The van der Waals surface area contributed by atoms with Crippen molar-refractivity contribution in [3.8, 4) is 51.6 Å². The third-order valence-corrected chi connectivity index (χ3v) is 10.4. The van der Waals surface area contributed by atoms with E-state index in [1.54, 1.807) is 34.8 Å². The van der Waals surface area contributed by atoms with Crippen molar-refractivity contribution in [2.24, 2.45) is 0 Å². The van der Waals surface area contributed by atoms with Crippen molar-refractivity contribution < 1.29 is 0 Å². The van der Waals surface area contributed by atoms with Crippen LogP contribution >= 0.6 is 22.7 Å². The van der Waals surface area contributed by atoms with Gasteiger partial charge >= 0.3 is 0 Å². The Morgan fingerprint density at radius 2 is 0.886 bits per heavy atom. The van der Waals surface area contributed by atoms with Gasteiger partial charge in [-0.15, -0.1) is 22.7 Å². The van der Waals surface area contributed by atoms with Crippen LogP contribution in [0.2, 0.25) is 0 Å². The van der Waals surface area contributed by atoms with Gasteiger partial charge in [0.15, 0.2) is 0 Å². The molecule has 2 heterocycles. The number of fused-ring (bicyclic) bond motifs is 6. The van der Waals surface area contributed by atoms with Crippen molar-refractivity contribution in [2.75, 3.05) is 0 Å². The molecule has 0 radical (unpaired) electrons. The minimum absolute atomic E-state index is 0.294. The second-order valence-electron chi connectivity index (χ2n) is 10.6. The Bertz CT molecular complexity index is 2430.